The number of fused-ring (bicyclic) bond motifs is 1. The SMILES string of the molecule is Cc1nc2c(-c3ccccc3)cc(Nc3ncc(-c4nnc(C(F)F)o4)cn3)cc2n1Cc1ccccc1. The molecule has 0 unspecified atom stereocenters. The van der Waals surface area contributed by atoms with Crippen molar-refractivity contribution in [1.82, 2.24) is 29.7 Å². The van der Waals surface area contributed by atoms with E-state index in [2.05, 4.69) is 42.2 Å². The molecule has 0 saturated carbocycles. The van der Waals surface area contributed by atoms with Crippen LogP contribution in [0.1, 0.15) is 23.7 Å². The van der Waals surface area contributed by atoms with Crippen LogP contribution in [0.25, 0.3) is 33.6 Å². The third-order valence-corrected chi connectivity index (χ3v) is 6.10. The summed E-state index contributed by atoms with van der Waals surface area (Å²) < 4.78 is 32.7. The molecule has 3 aromatic carbocycles. The lowest BCUT2D eigenvalue weighted by Gasteiger charge is -2.12. The molecule has 6 aromatic rings. The standard InChI is InChI=1S/C28H21F2N7O/c1-17-33-24-22(19-10-6-3-7-11-19)12-21(13-23(24)37(17)16-18-8-4-2-5-9-18)34-28-31-14-20(15-32-28)26-35-36-27(38-26)25(29)30/h2-15,25H,16H2,1H3,(H,31,32,34). The number of alkyl halides is 2. The van der Waals surface area contributed by atoms with Gasteiger partial charge in [-0.05, 0) is 30.2 Å². The van der Waals surface area contributed by atoms with Crippen molar-refractivity contribution in [3.05, 3.63) is 102 Å². The Balaban J connectivity index is 1.38. The van der Waals surface area contributed by atoms with Crippen molar-refractivity contribution in [2.24, 2.45) is 0 Å². The fourth-order valence-electron chi connectivity index (χ4n) is 4.29. The Labute approximate surface area is 216 Å². The summed E-state index contributed by atoms with van der Waals surface area (Å²) in [6.07, 6.45) is 0.0441. The largest absolute Gasteiger partial charge is 0.415 e. The molecule has 1 N–H and O–H groups in total. The Morgan fingerprint density at radius 3 is 2.29 bits per heavy atom. The highest BCUT2D eigenvalue weighted by molar-refractivity contribution is 5.96. The molecule has 0 aliphatic heterocycles. The number of aromatic nitrogens is 6. The van der Waals surface area contributed by atoms with Gasteiger partial charge in [-0.1, -0.05) is 60.7 Å². The van der Waals surface area contributed by atoms with Gasteiger partial charge in [0.25, 0.3) is 11.8 Å². The molecule has 0 saturated heterocycles. The first kappa shape index (κ1) is 23.4. The number of nitrogens with zero attached hydrogens (tertiary/aromatic N) is 6. The molecule has 0 aliphatic carbocycles. The summed E-state index contributed by atoms with van der Waals surface area (Å²) in [5.41, 5.74) is 6.16. The summed E-state index contributed by atoms with van der Waals surface area (Å²) in [6.45, 7) is 2.68. The summed E-state index contributed by atoms with van der Waals surface area (Å²) in [5.74, 6) is 0.416. The highest BCUT2D eigenvalue weighted by Gasteiger charge is 2.18. The van der Waals surface area contributed by atoms with E-state index in [0.29, 0.717) is 18.1 Å². The van der Waals surface area contributed by atoms with E-state index in [0.717, 1.165) is 33.7 Å². The minimum atomic E-state index is -2.84. The molecule has 0 atom stereocenters. The van der Waals surface area contributed by atoms with Crippen molar-refractivity contribution in [3.63, 3.8) is 0 Å². The van der Waals surface area contributed by atoms with E-state index in [9.17, 15) is 8.78 Å². The molecule has 3 aromatic heterocycles. The van der Waals surface area contributed by atoms with Gasteiger partial charge in [-0.3, -0.25) is 0 Å². The van der Waals surface area contributed by atoms with E-state index in [1.165, 1.54) is 18.0 Å². The third-order valence-electron chi connectivity index (χ3n) is 6.10. The minimum absolute atomic E-state index is 0.0695. The zero-order chi connectivity index (χ0) is 26.1. The molecule has 6 rings (SSSR count). The van der Waals surface area contributed by atoms with Crippen LogP contribution in [0.15, 0.2) is 89.6 Å². The number of aryl methyl sites for hydroxylation is 1. The smallest absolute Gasteiger partial charge is 0.314 e. The lowest BCUT2D eigenvalue weighted by atomic mass is 10.0. The summed E-state index contributed by atoms with van der Waals surface area (Å²) in [5, 5.41) is 10.2. The maximum Gasteiger partial charge on any atom is 0.314 e. The van der Waals surface area contributed by atoms with Crippen LogP contribution < -0.4 is 5.32 Å². The Morgan fingerprint density at radius 2 is 1.61 bits per heavy atom. The lowest BCUT2D eigenvalue weighted by Crippen LogP contribution is -2.02. The molecule has 188 valence electrons. The average Bonchev–Trinajstić information content (AvgIpc) is 3.56. The first-order valence-electron chi connectivity index (χ1n) is 11.9. The predicted molar refractivity (Wildman–Crippen MR) is 139 cm³/mol. The zero-order valence-corrected chi connectivity index (χ0v) is 20.2. The predicted octanol–water partition coefficient (Wildman–Crippen LogP) is 6.58. The van der Waals surface area contributed by atoms with Crippen molar-refractivity contribution in [2.75, 3.05) is 5.32 Å². The zero-order valence-electron chi connectivity index (χ0n) is 20.2. The van der Waals surface area contributed by atoms with Gasteiger partial charge in [0.15, 0.2) is 0 Å². The van der Waals surface area contributed by atoms with Crippen LogP contribution in [-0.2, 0) is 6.54 Å². The van der Waals surface area contributed by atoms with Crippen LogP contribution in [0.5, 0.6) is 0 Å². The summed E-state index contributed by atoms with van der Waals surface area (Å²) in [4.78, 5) is 13.6. The highest BCUT2D eigenvalue weighted by atomic mass is 19.3. The molecule has 0 spiro atoms. The third kappa shape index (κ3) is 4.59. The molecular formula is C28H21F2N7O. The van der Waals surface area contributed by atoms with Crippen molar-refractivity contribution >= 4 is 22.7 Å². The van der Waals surface area contributed by atoms with E-state index < -0.39 is 12.3 Å². The maximum absolute atomic E-state index is 12.8. The number of nitrogens with one attached hydrogen (secondary N) is 1. The molecule has 3 heterocycles. The Morgan fingerprint density at radius 1 is 0.895 bits per heavy atom. The van der Waals surface area contributed by atoms with Crippen LogP contribution in [0, 0.1) is 6.92 Å². The molecule has 0 aliphatic rings. The first-order chi connectivity index (χ1) is 18.5. The van der Waals surface area contributed by atoms with Gasteiger partial charge in [0.1, 0.15) is 5.82 Å². The van der Waals surface area contributed by atoms with Gasteiger partial charge in [-0.15, -0.1) is 10.2 Å². The van der Waals surface area contributed by atoms with E-state index in [4.69, 9.17) is 9.40 Å². The fraction of sp³-hybridized carbons (Fsp3) is 0.107. The minimum Gasteiger partial charge on any atom is -0.415 e. The molecule has 8 nitrogen and oxygen atoms in total. The van der Waals surface area contributed by atoms with Crippen LogP contribution in [-0.4, -0.2) is 29.7 Å². The van der Waals surface area contributed by atoms with Gasteiger partial charge < -0.3 is 14.3 Å². The lowest BCUT2D eigenvalue weighted by molar-refractivity contribution is 0.116. The second-order valence-electron chi connectivity index (χ2n) is 8.65. The highest BCUT2D eigenvalue weighted by Crippen LogP contribution is 2.34. The van der Waals surface area contributed by atoms with Crippen LogP contribution in [0.2, 0.25) is 0 Å². The molecule has 38 heavy (non-hydrogen) atoms. The summed E-state index contributed by atoms with van der Waals surface area (Å²) in [7, 11) is 0. The van der Waals surface area contributed by atoms with E-state index in [1.807, 2.05) is 67.6 Å². The molecule has 10 heteroatoms. The second kappa shape index (κ2) is 9.81. The van der Waals surface area contributed by atoms with E-state index in [1.54, 1.807) is 0 Å². The molecule has 0 amide bonds. The number of halogens is 2. The van der Waals surface area contributed by atoms with Gasteiger partial charge in [0.2, 0.25) is 5.95 Å². The topological polar surface area (TPSA) is 94.6 Å². The van der Waals surface area contributed by atoms with Crippen molar-refractivity contribution in [1.29, 1.82) is 0 Å². The first-order valence-corrected chi connectivity index (χ1v) is 11.9. The Kier molecular flexibility index (Phi) is 6.04. The van der Waals surface area contributed by atoms with Crippen LogP contribution in [0.3, 0.4) is 0 Å². The Bertz CT molecular complexity index is 1700. The quantitative estimate of drug-likeness (QED) is 0.260. The van der Waals surface area contributed by atoms with Gasteiger partial charge in [-0.2, -0.15) is 8.78 Å². The monoisotopic (exact) mass is 509 g/mol. The van der Waals surface area contributed by atoms with Crippen LogP contribution >= 0.6 is 0 Å². The van der Waals surface area contributed by atoms with Gasteiger partial charge in [0.05, 0.1) is 16.6 Å². The Hall–Kier alpha value is -4.99. The fourth-order valence-corrected chi connectivity index (χ4v) is 4.29. The van der Waals surface area contributed by atoms with Gasteiger partial charge in [-0.25, -0.2) is 15.0 Å². The van der Waals surface area contributed by atoms with E-state index >= 15 is 0 Å². The maximum atomic E-state index is 12.8. The van der Waals surface area contributed by atoms with Gasteiger partial charge >= 0.3 is 6.43 Å². The van der Waals surface area contributed by atoms with Crippen molar-refractivity contribution < 1.29 is 13.2 Å². The molecule has 0 fully saturated rings. The number of rotatable bonds is 7. The number of imidazole rings is 1. The normalized spacial score (nSPS) is 11.4. The number of benzene rings is 3. The summed E-state index contributed by atoms with van der Waals surface area (Å²) in [6, 6.07) is 24.3. The number of hydrogen-bond donors (Lipinski definition) is 1. The molecule has 0 bridgehead atoms. The second-order valence-corrected chi connectivity index (χ2v) is 8.65. The average molecular weight is 510 g/mol. The number of anilines is 2. The summed E-state index contributed by atoms with van der Waals surface area (Å²) >= 11 is 0. The van der Waals surface area contributed by atoms with Crippen LogP contribution in [0.4, 0.5) is 20.4 Å². The van der Waals surface area contributed by atoms with Crippen molar-refractivity contribution in [3.8, 4) is 22.6 Å². The van der Waals surface area contributed by atoms with Crippen molar-refractivity contribution in [2.45, 2.75) is 19.9 Å². The van der Waals surface area contributed by atoms with Gasteiger partial charge in [0, 0.05) is 30.2 Å². The van der Waals surface area contributed by atoms with E-state index in [-0.39, 0.29) is 5.89 Å². The molecule has 0 radical (unpaired) electrons. The number of hydrogen-bond acceptors (Lipinski definition) is 7. The molecular weight excluding hydrogens is 488 g/mol.